The van der Waals surface area contributed by atoms with Crippen molar-refractivity contribution in [3.63, 3.8) is 0 Å². The summed E-state index contributed by atoms with van der Waals surface area (Å²) in [5, 5.41) is 31.2. The second-order valence-electron chi connectivity index (χ2n) is 21.4. The number of imide groups is 1. The number of nitrogens with one attached hydrogen (secondary N) is 6. The van der Waals surface area contributed by atoms with E-state index >= 15 is 4.39 Å². The summed E-state index contributed by atoms with van der Waals surface area (Å²) in [5.41, 5.74) is 7.55. The number of aliphatic hydroxyl groups is 1. The summed E-state index contributed by atoms with van der Waals surface area (Å²) in [4.78, 5) is 134. The summed E-state index contributed by atoms with van der Waals surface area (Å²) in [6.07, 6.45) is 12.8. The van der Waals surface area contributed by atoms with E-state index in [0.717, 1.165) is 91.7 Å². The SMILES string of the molecule is CCCCc1c(/C(C)=C/C(=C(/COC)C(C)=O)C(C=O)CC)nc2cc(F)c(C)c3c2c1C(N(C)C(=O)C1(COCNC)CCC1)CC3.CCNC(=O)CNC(=O)C(CNCC(=O)O)N1C(=O)C=CC1=O.CO.Cc1ccccc1.O=CCNC(=O)CNC=O. The average Bonchev–Trinajstić information content (AvgIpc) is 0.820. The number of aliphatic hydroxyl groups excluding tert-OH is 1. The molecule has 2 aliphatic carbocycles. The van der Waals surface area contributed by atoms with Crippen LogP contribution in [0.2, 0.25) is 0 Å². The number of halogens is 1. The number of Topliss-reactive ketones (excluding diaryl/α,β-unsaturated/α-hetero) is 1. The zero-order chi connectivity index (χ0) is 67.5. The van der Waals surface area contributed by atoms with Crippen LogP contribution in [0.25, 0.3) is 16.5 Å². The Morgan fingerprint density at radius 2 is 1.59 bits per heavy atom. The molecule has 2 aromatic carbocycles. The molecule has 0 bridgehead atoms. The number of aromatic nitrogens is 1. The molecule has 90 heavy (non-hydrogen) atoms. The molecule has 494 valence electrons. The third-order valence-corrected chi connectivity index (χ3v) is 15.1. The Morgan fingerprint density at radius 3 is 2.10 bits per heavy atom. The van der Waals surface area contributed by atoms with Crippen molar-refractivity contribution in [1.82, 2.24) is 46.7 Å². The van der Waals surface area contributed by atoms with E-state index in [1.54, 1.807) is 6.92 Å². The number of carboxylic acids is 1. The average molecular weight is 1260 g/mol. The van der Waals surface area contributed by atoms with Gasteiger partial charge >= 0.3 is 5.97 Å². The van der Waals surface area contributed by atoms with Gasteiger partial charge in [-0.15, -0.1) is 0 Å². The van der Waals surface area contributed by atoms with Crippen molar-refractivity contribution in [3.8, 4) is 0 Å². The molecule has 3 unspecified atom stereocenters. The number of likely N-dealkylation sites (N-methyl/N-ethyl adjacent to an activating group) is 1. The summed E-state index contributed by atoms with van der Waals surface area (Å²) in [7, 11) is 6.26. The van der Waals surface area contributed by atoms with E-state index in [0.29, 0.717) is 84.7 Å². The van der Waals surface area contributed by atoms with E-state index in [4.69, 9.17) is 24.7 Å². The van der Waals surface area contributed by atoms with E-state index in [1.807, 2.05) is 64.0 Å². The third kappa shape index (κ3) is 23.0. The zero-order valence-corrected chi connectivity index (χ0v) is 53.8. The molecule has 1 saturated carbocycles. The van der Waals surface area contributed by atoms with Crippen molar-refractivity contribution in [2.75, 3.05) is 87.5 Å². The van der Waals surface area contributed by atoms with Gasteiger partial charge in [0.2, 0.25) is 30.0 Å². The molecular weight excluding hydrogens is 1170 g/mol. The molecule has 0 spiro atoms. The monoisotopic (exact) mass is 1260 g/mol. The van der Waals surface area contributed by atoms with Crippen molar-refractivity contribution < 1.29 is 76.8 Å². The van der Waals surface area contributed by atoms with E-state index in [1.165, 1.54) is 25.7 Å². The quantitative estimate of drug-likeness (QED) is 0.0113. The summed E-state index contributed by atoms with van der Waals surface area (Å²) in [6.45, 7) is 13.3. The van der Waals surface area contributed by atoms with Gasteiger partial charge in [0.1, 0.15) is 24.4 Å². The molecule has 24 nitrogen and oxygen atoms in total. The van der Waals surface area contributed by atoms with Gasteiger partial charge in [-0.3, -0.25) is 53.4 Å². The van der Waals surface area contributed by atoms with Gasteiger partial charge in [-0.25, -0.2) is 9.37 Å². The number of nitrogens with zero attached hydrogens (tertiary/aromatic N) is 3. The Balaban J connectivity index is 0.000000536. The number of hydrogen-bond acceptors (Lipinski definition) is 17. The van der Waals surface area contributed by atoms with Crippen LogP contribution in [-0.4, -0.2) is 185 Å². The van der Waals surface area contributed by atoms with Gasteiger partial charge in [0.25, 0.3) is 11.8 Å². The first-order valence-electron chi connectivity index (χ1n) is 29.9. The van der Waals surface area contributed by atoms with E-state index in [9.17, 15) is 52.7 Å². The molecule has 3 atom stereocenters. The Hall–Kier alpha value is -8.23. The third-order valence-electron chi connectivity index (χ3n) is 15.1. The summed E-state index contributed by atoms with van der Waals surface area (Å²) < 4.78 is 26.7. The van der Waals surface area contributed by atoms with E-state index in [2.05, 4.69) is 57.9 Å². The summed E-state index contributed by atoms with van der Waals surface area (Å²) >= 11 is 0. The minimum Gasteiger partial charge on any atom is -0.480 e. The largest absolute Gasteiger partial charge is 0.480 e. The Bertz CT molecular complexity index is 3010. The lowest BCUT2D eigenvalue weighted by atomic mass is 9.68. The molecule has 1 aliphatic heterocycles. The highest BCUT2D eigenvalue weighted by molar-refractivity contribution is 6.15. The molecule has 3 aromatic rings. The number of amides is 7. The highest BCUT2D eigenvalue weighted by Gasteiger charge is 2.48. The molecule has 0 radical (unpaired) electrons. The number of methoxy groups -OCH3 is 1. The number of benzene rings is 2. The predicted octanol–water partition coefficient (Wildman–Crippen LogP) is 3.85. The van der Waals surface area contributed by atoms with E-state index < -0.39 is 53.5 Å². The van der Waals surface area contributed by atoms with Crippen molar-refractivity contribution in [1.29, 1.82) is 0 Å². The van der Waals surface area contributed by atoms with Crippen LogP contribution in [0.4, 0.5) is 4.39 Å². The maximum Gasteiger partial charge on any atom is 0.317 e. The van der Waals surface area contributed by atoms with Crippen molar-refractivity contribution >= 4 is 82.7 Å². The van der Waals surface area contributed by atoms with Crippen LogP contribution in [-0.2, 0) is 75.1 Å². The number of rotatable bonds is 31. The number of allylic oxidation sites excluding steroid dienone is 3. The number of hydrogen-bond donors (Lipinski definition) is 8. The first kappa shape index (κ1) is 77.9. The van der Waals surface area contributed by atoms with Gasteiger partial charge in [0.15, 0.2) is 5.78 Å². The van der Waals surface area contributed by atoms with E-state index in [-0.39, 0.29) is 62.2 Å². The second-order valence-corrected chi connectivity index (χ2v) is 21.4. The number of aryl methyl sites for hydroxylation is 2. The van der Waals surface area contributed by atoms with Gasteiger partial charge in [-0.05, 0) is 120 Å². The number of carbonyl (C=O) groups excluding carboxylic acids is 10. The molecule has 1 fully saturated rings. The predicted molar refractivity (Wildman–Crippen MR) is 338 cm³/mol. The molecule has 0 saturated heterocycles. The van der Waals surface area contributed by atoms with Crippen LogP contribution in [0.15, 0.2) is 65.8 Å². The second kappa shape index (κ2) is 41.1. The van der Waals surface area contributed by atoms with Crippen molar-refractivity contribution in [2.24, 2.45) is 11.3 Å². The topological polar surface area (TPSA) is 338 Å². The van der Waals surface area contributed by atoms with Crippen LogP contribution in [0.1, 0.15) is 119 Å². The van der Waals surface area contributed by atoms with Crippen LogP contribution in [0.3, 0.4) is 0 Å². The normalized spacial score (nSPS) is 15.1. The number of carboxylic acid groups (broad SMARTS) is 1. The van der Waals surface area contributed by atoms with Gasteiger partial charge in [0, 0.05) is 69.5 Å². The first-order valence-corrected chi connectivity index (χ1v) is 29.9. The smallest absolute Gasteiger partial charge is 0.317 e. The maximum atomic E-state index is 15.5. The minimum absolute atomic E-state index is 0.0145. The Morgan fingerprint density at radius 1 is 0.933 bits per heavy atom. The number of unbranched alkanes of at least 4 members (excludes halogenated alkanes) is 1. The molecule has 25 heteroatoms. The van der Waals surface area contributed by atoms with Crippen LogP contribution in [0, 0.1) is 31.0 Å². The molecule has 3 aliphatic rings. The van der Waals surface area contributed by atoms with Gasteiger partial charge in [-0.2, -0.15) is 0 Å². The molecule has 2 heterocycles. The number of carbonyl (C=O) groups is 11. The van der Waals surface area contributed by atoms with Crippen molar-refractivity contribution in [2.45, 2.75) is 118 Å². The Labute approximate surface area is 526 Å². The lowest BCUT2D eigenvalue weighted by molar-refractivity contribution is -0.154. The molecule has 6 rings (SSSR count). The number of pyridine rings is 1. The highest BCUT2D eigenvalue weighted by Crippen LogP contribution is 2.48. The van der Waals surface area contributed by atoms with Gasteiger partial charge < -0.3 is 60.8 Å². The molecular formula is C65H92FN9O15. The standard InChI is InChI=1S/C39H54FN3O5.C13H18N4O6.C7H8.C5H8N2O3.CH4O/c1-9-11-13-29-36-34(43(7)38(46)39(16-12-17-39)22-48-23-41-6)15-14-28-25(4)32(40)19-33(35(28)36)42-37(29)24(3)18-30(27(10-2)20-44)31(21-47-8)26(5)45;1-2-15-9(18)6-16-13(23)8(5-14-7-12(21)22)17-10(19)3-4-11(17)20;1-7-5-3-2-4-6-7;8-2-1-7-5(10)3-6-4-9;1-2/h18-20,27,34,41H,9-17,21-23H2,1-8H3;3-4,8,14H,2,5-7H2,1H3,(H,15,18)(H,16,23)(H,21,22);2-6H,1H3;2,4H,1,3H2,(H,6,9)(H,7,10);2H,1H3/b24-18+,31-30+;;;;. The molecule has 8 N–H and O–H groups in total. The number of ketones is 1. The summed E-state index contributed by atoms with van der Waals surface area (Å²) in [6, 6.07) is 10.3. The fraction of sp³-hybridized carbons (Fsp3) is 0.508. The lowest BCUT2D eigenvalue weighted by Gasteiger charge is -2.45. The lowest BCUT2D eigenvalue weighted by Crippen LogP contribution is -2.55. The summed E-state index contributed by atoms with van der Waals surface area (Å²) in [5.74, 6) is -4.90. The van der Waals surface area contributed by atoms with Gasteiger partial charge in [-0.1, -0.05) is 68.7 Å². The van der Waals surface area contributed by atoms with Crippen LogP contribution >= 0.6 is 0 Å². The van der Waals surface area contributed by atoms with Crippen LogP contribution < -0.4 is 31.9 Å². The maximum absolute atomic E-state index is 15.5. The molecule has 1 aromatic heterocycles. The van der Waals surface area contributed by atoms with Crippen molar-refractivity contribution in [3.05, 3.63) is 105 Å². The highest BCUT2D eigenvalue weighted by atomic mass is 19.1. The fourth-order valence-corrected chi connectivity index (χ4v) is 10.4. The number of ether oxygens (including phenoxy) is 2. The van der Waals surface area contributed by atoms with Crippen LogP contribution in [0.5, 0.6) is 0 Å². The Kier molecular flexibility index (Phi) is 35.6. The minimum atomic E-state index is -1.25. The number of aldehydes is 2. The fourth-order valence-electron chi connectivity index (χ4n) is 10.4. The molecule has 7 amide bonds. The first-order chi connectivity index (χ1) is 43.1. The number of aliphatic carboxylic acids is 1. The van der Waals surface area contributed by atoms with Gasteiger partial charge in [0.05, 0.1) is 68.8 Å². The zero-order valence-electron chi connectivity index (χ0n) is 53.8.